The van der Waals surface area contributed by atoms with Crippen molar-refractivity contribution in [1.29, 1.82) is 0 Å². The van der Waals surface area contributed by atoms with E-state index in [1.165, 1.54) is 6.08 Å². The van der Waals surface area contributed by atoms with Crippen LogP contribution in [0.2, 0.25) is 0 Å². The smallest absolute Gasteiger partial charge is 0.337 e. The van der Waals surface area contributed by atoms with E-state index in [1.807, 2.05) is 0 Å². The highest BCUT2D eigenvalue weighted by Crippen LogP contribution is 2.30. The van der Waals surface area contributed by atoms with Crippen LogP contribution in [0.15, 0.2) is 29.2 Å². The van der Waals surface area contributed by atoms with Crippen LogP contribution in [0, 0.1) is 6.92 Å². The van der Waals surface area contributed by atoms with E-state index in [-0.39, 0.29) is 11.5 Å². The molecular formula is C15H10N2O3S2. The number of nitrogens with zero attached hydrogens (tertiary/aromatic N) is 1. The lowest BCUT2D eigenvalue weighted by atomic mass is 10.00. The maximum absolute atomic E-state index is 11.8. The summed E-state index contributed by atoms with van der Waals surface area (Å²) in [5.41, 5.74) is 1.73. The SMILES string of the molecule is Cc1nc2ccccc2c(C(=O)O)c1C=C1SC(=S)NC1=O. The van der Waals surface area contributed by atoms with Gasteiger partial charge in [0.15, 0.2) is 0 Å². The molecule has 110 valence electrons. The second-order valence-corrected chi connectivity index (χ2v) is 6.38. The molecule has 1 amide bonds. The number of rotatable bonds is 2. The maximum atomic E-state index is 11.8. The van der Waals surface area contributed by atoms with Crippen LogP contribution in [-0.4, -0.2) is 26.3 Å². The Morgan fingerprint density at radius 3 is 2.77 bits per heavy atom. The number of carboxylic acid groups (broad SMARTS) is 1. The van der Waals surface area contributed by atoms with Crippen LogP contribution in [0.5, 0.6) is 0 Å². The molecule has 1 aromatic carbocycles. The first-order valence-corrected chi connectivity index (χ1v) is 7.57. The first-order chi connectivity index (χ1) is 10.5. The molecule has 1 aliphatic rings. The molecule has 2 N–H and O–H groups in total. The van der Waals surface area contributed by atoms with E-state index in [1.54, 1.807) is 31.2 Å². The quantitative estimate of drug-likeness (QED) is 0.651. The molecule has 0 bridgehead atoms. The number of amides is 1. The number of nitrogens with one attached hydrogen (secondary N) is 1. The van der Waals surface area contributed by atoms with Crippen LogP contribution < -0.4 is 5.32 Å². The largest absolute Gasteiger partial charge is 0.478 e. The summed E-state index contributed by atoms with van der Waals surface area (Å²) in [6.45, 7) is 1.72. The molecule has 7 heteroatoms. The summed E-state index contributed by atoms with van der Waals surface area (Å²) in [7, 11) is 0. The highest BCUT2D eigenvalue weighted by Gasteiger charge is 2.24. The molecular weight excluding hydrogens is 320 g/mol. The zero-order valence-electron chi connectivity index (χ0n) is 11.4. The van der Waals surface area contributed by atoms with E-state index in [9.17, 15) is 14.7 Å². The van der Waals surface area contributed by atoms with Gasteiger partial charge in [0.1, 0.15) is 4.32 Å². The van der Waals surface area contributed by atoms with Gasteiger partial charge in [-0.3, -0.25) is 9.78 Å². The van der Waals surface area contributed by atoms with Gasteiger partial charge in [0.25, 0.3) is 5.91 Å². The van der Waals surface area contributed by atoms with Gasteiger partial charge in [-0.2, -0.15) is 0 Å². The third-order valence-electron chi connectivity index (χ3n) is 3.25. The van der Waals surface area contributed by atoms with Crippen molar-refractivity contribution >= 4 is 57.2 Å². The number of carbonyl (C=O) groups excluding carboxylic acids is 1. The number of thiocarbonyl (C=S) groups is 1. The minimum absolute atomic E-state index is 0.141. The zero-order chi connectivity index (χ0) is 15.9. The van der Waals surface area contributed by atoms with Gasteiger partial charge in [0, 0.05) is 16.6 Å². The Kier molecular flexibility index (Phi) is 3.67. The lowest BCUT2D eigenvalue weighted by Gasteiger charge is -2.10. The van der Waals surface area contributed by atoms with Crippen molar-refractivity contribution in [2.75, 3.05) is 0 Å². The van der Waals surface area contributed by atoms with Crippen molar-refractivity contribution in [1.82, 2.24) is 10.3 Å². The Morgan fingerprint density at radius 2 is 2.14 bits per heavy atom. The van der Waals surface area contributed by atoms with Crippen molar-refractivity contribution in [2.45, 2.75) is 6.92 Å². The van der Waals surface area contributed by atoms with Gasteiger partial charge in [-0.15, -0.1) is 0 Å². The van der Waals surface area contributed by atoms with Crippen LogP contribution >= 0.6 is 24.0 Å². The Labute approximate surface area is 135 Å². The van der Waals surface area contributed by atoms with E-state index in [4.69, 9.17) is 12.2 Å². The van der Waals surface area contributed by atoms with Crippen molar-refractivity contribution in [3.63, 3.8) is 0 Å². The second-order valence-electron chi connectivity index (χ2n) is 4.66. The summed E-state index contributed by atoms with van der Waals surface area (Å²) < 4.78 is 0.361. The number of pyridine rings is 1. The Hall–Kier alpha value is -2.25. The average molecular weight is 330 g/mol. The van der Waals surface area contributed by atoms with Crippen LogP contribution in [0.25, 0.3) is 17.0 Å². The Bertz CT molecular complexity index is 874. The van der Waals surface area contributed by atoms with Crippen molar-refractivity contribution in [3.8, 4) is 0 Å². The number of carbonyl (C=O) groups is 2. The molecule has 1 aliphatic heterocycles. The Morgan fingerprint density at radius 1 is 1.41 bits per heavy atom. The highest BCUT2D eigenvalue weighted by atomic mass is 32.2. The number of benzene rings is 1. The highest BCUT2D eigenvalue weighted by molar-refractivity contribution is 8.26. The summed E-state index contributed by atoms with van der Waals surface area (Å²) in [6.07, 6.45) is 1.54. The summed E-state index contributed by atoms with van der Waals surface area (Å²) in [6, 6.07) is 7.03. The second kappa shape index (κ2) is 5.51. The summed E-state index contributed by atoms with van der Waals surface area (Å²) >= 11 is 6.06. The summed E-state index contributed by atoms with van der Waals surface area (Å²) in [5, 5.41) is 12.6. The van der Waals surface area contributed by atoms with Crippen LogP contribution in [-0.2, 0) is 4.79 Å². The summed E-state index contributed by atoms with van der Waals surface area (Å²) in [4.78, 5) is 28.3. The molecule has 2 aromatic rings. The predicted molar refractivity (Wildman–Crippen MR) is 89.7 cm³/mol. The van der Waals surface area contributed by atoms with E-state index in [0.717, 1.165) is 11.8 Å². The minimum Gasteiger partial charge on any atom is -0.478 e. The van der Waals surface area contributed by atoms with Crippen LogP contribution in [0.3, 0.4) is 0 Å². The fourth-order valence-corrected chi connectivity index (χ4v) is 3.33. The maximum Gasteiger partial charge on any atom is 0.337 e. The monoisotopic (exact) mass is 330 g/mol. The minimum atomic E-state index is -1.06. The fraction of sp³-hybridized carbons (Fsp3) is 0.0667. The van der Waals surface area contributed by atoms with Crippen molar-refractivity contribution in [3.05, 3.63) is 46.0 Å². The molecule has 0 aliphatic carbocycles. The molecule has 2 heterocycles. The molecule has 5 nitrogen and oxygen atoms in total. The normalized spacial score (nSPS) is 16.3. The molecule has 3 rings (SSSR count). The number of aromatic carboxylic acids is 1. The number of carboxylic acids is 1. The molecule has 0 radical (unpaired) electrons. The molecule has 22 heavy (non-hydrogen) atoms. The number of aryl methyl sites for hydroxylation is 1. The molecule has 1 aromatic heterocycles. The topological polar surface area (TPSA) is 79.3 Å². The third-order valence-corrected chi connectivity index (χ3v) is 4.41. The number of hydrogen-bond acceptors (Lipinski definition) is 5. The van der Waals surface area contributed by atoms with Crippen LogP contribution in [0.4, 0.5) is 0 Å². The van der Waals surface area contributed by atoms with Crippen molar-refractivity contribution in [2.24, 2.45) is 0 Å². The van der Waals surface area contributed by atoms with Crippen molar-refractivity contribution < 1.29 is 14.7 Å². The van der Waals surface area contributed by atoms with Gasteiger partial charge in [-0.1, -0.05) is 42.2 Å². The van der Waals surface area contributed by atoms with Crippen LogP contribution in [0.1, 0.15) is 21.6 Å². The summed E-state index contributed by atoms with van der Waals surface area (Å²) in [5.74, 6) is -1.38. The number of hydrogen-bond donors (Lipinski definition) is 2. The molecule has 0 unspecified atom stereocenters. The van der Waals surface area contributed by atoms with Gasteiger partial charge in [0.2, 0.25) is 0 Å². The van der Waals surface area contributed by atoms with Gasteiger partial charge >= 0.3 is 5.97 Å². The van der Waals surface area contributed by atoms with E-state index in [2.05, 4.69) is 10.3 Å². The zero-order valence-corrected chi connectivity index (χ0v) is 13.0. The lowest BCUT2D eigenvalue weighted by Crippen LogP contribution is -2.17. The Balaban J connectivity index is 2.29. The number of aromatic nitrogens is 1. The fourth-order valence-electron chi connectivity index (χ4n) is 2.31. The number of para-hydroxylation sites is 1. The number of thioether (sulfide) groups is 1. The third kappa shape index (κ3) is 2.49. The van der Waals surface area contributed by atoms with Gasteiger partial charge < -0.3 is 10.4 Å². The molecule has 1 fully saturated rings. The predicted octanol–water partition coefficient (Wildman–Crippen LogP) is 2.73. The van der Waals surface area contributed by atoms with E-state index < -0.39 is 5.97 Å². The lowest BCUT2D eigenvalue weighted by molar-refractivity contribution is -0.115. The average Bonchev–Trinajstić information content (AvgIpc) is 2.77. The molecule has 1 saturated heterocycles. The first kappa shape index (κ1) is 14.7. The van der Waals surface area contributed by atoms with Gasteiger partial charge in [-0.05, 0) is 19.1 Å². The number of fused-ring (bicyclic) bond motifs is 1. The van der Waals surface area contributed by atoms with E-state index >= 15 is 0 Å². The van der Waals surface area contributed by atoms with Gasteiger partial charge in [0.05, 0.1) is 16.0 Å². The molecule has 0 atom stereocenters. The molecule has 0 spiro atoms. The first-order valence-electron chi connectivity index (χ1n) is 6.35. The van der Waals surface area contributed by atoms with E-state index in [0.29, 0.717) is 31.4 Å². The molecule has 0 saturated carbocycles. The standard InChI is InChI=1S/C15H10N2O3S2/c1-7-9(6-11-13(18)17-15(21)22-11)12(14(19)20)8-4-2-3-5-10(8)16-7/h2-6H,1H3,(H,19,20)(H,17,18,21). The van der Waals surface area contributed by atoms with Gasteiger partial charge in [-0.25, -0.2) is 4.79 Å².